The van der Waals surface area contributed by atoms with Crippen LogP contribution in [-0.2, 0) is 25.4 Å². The molecular formula is C29H49NO9. The highest BCUT2D eigenvalue weighted by molar-refractivity contribution is 5.70. The predicted molar refractivity (Wildman–Crippen MR) is 148 cm³/mol. The minimum Gasteiger partial charge on any atom is -0.493 e. The van der Waals surface area contributed by atoms with Crippen molar-refractivity contribution in [3.05, 3.63) is 23.8 Å². The van der Waals surface area contributed by atoms with Gasteiger partial charge in [-0.3, -0.25) is 4.79 Å². The Morgan fingerprint density at radius 3 is 2.21 bits per heavy atom. The predicted octanol–water partition coefficient (Wildman–Crippen LogP) is 4.31. The number of carboxylic acids is 1. The summed E-state index contributed by atoms with van der Waals surface area (Å²) in [5, 5.41) is 23.1. The van der Waals surface area contributed by atoms with Crippen LogP contribution < -0.4 is 14.8 Å². The van der Waals surface area contributed by atoms with Gasteiger partial charge in [0, 0.05) is 7.11 Å². The number of amides is 1. The van der Waals surface area contributed by atoms with Gasteiger partial charge in [0.15, 0.2) is 11.5 Å². The van der Waals surface area contributed by atoms with Crippen LogP contribution in [0.4, 0.5) is 4.79 Å². The quantitative estimate of drug-likeness (QED) is 0.227. The van der Waals surface area contributed by atoms with Crippen molar-refractivity contribution in [2.75, 3.05) is 40.6 Å². The molecule has 39 heavy (non-hydrogen) atoms. The molecular weight excluding hydrogens is 506 g/mol. The molecule has 0 aliphatic carbocycles. The van der Waals surface area contributed by atoms with Gasteiger partial charge in [-0.15, -0.1) is 0 Å². The molecule has 0 aliphatic rings. The Kier molecular flexibility index (Phi) is 15.2. The first-order chi connectivity index (χ1) is 18.3. The molecule has 0 fully saturated rings. The zero-order chi connectivity index (χ0) is 29.6. The highest BCUT2D eigenvalue weighted by Crippen LogP contribution is 2.31. The number of carbonyl (C=O) groups is 2. The molecule has 0 spiro atoms. The van der Waals surface area contributed by atoms with Crippen molar-refractivity contribution in [2.45, 2.75) is 78.6 Å². The van der Waals surface area contributed by atoms with Crippen LogP contribution in [0.3, 0.4) is 0 Å². The van der Waals surface area contributed by atoms with E-state index in [-0.39, 0.29) is 18.3 Å². The van der Waals surface area contributed by atoms with E-state index in [0.717, 1.165) is 5.56 Å². The lowest BCUT2D eigenvalue weighted by Crippen LogP contribution is -2.47. The number of hydrogen-bond acceptors (Lipinski definition) is 8. The zero-order valence-corrected chi connectivity index (χ0v) is 24.8. The smallest absolute Gasteiger partial charge is 0.407 e. The lowest BCUT2D eigenvalue weighted by molar-refractivity contribution is -0.142. The number of aliphatic hydroxyl groups is 1. The molecule has 3 N–H and O–H groups in total. The lowest BCUT2D eigenvalue weighted by atomic mass is 9.82. The average molecular weight is 556 g/mol. The number of benzene rings is 1. The van der Waals surface area contributed by atoms with Crippen molar-refractivity contribution in [2.24, 2.45) is 17.8 Å². The summed E-state index contributed by atoms with van der Waals surface area (Å²) in [6.45, 7) is 12.8. The maximum Gasteiger partial charge on any atom is 0.407 e. The van der Waals surface area contributed by atoms with E-state index in [0.29, 0.717) is 50.8 Å². The third-order valence-corrected chi connectivity index (χ3v) is 6.33. The molecule has 10 nitrogen and oxygen atoms in total. The van der Waals surface area contributed by atoms with E-state index in [2.05, 4.69) is 19.2 Å². The third-order valence-electron chi connectivity index (χ3n) is 6.33. The first-order valence-corrected chi connectivity index (χ1v) is 13.5. The minimum absolute atomic E-state index is 0.00753. The fraction of sp³-hybridized carbons (Fsp3) is 0.724. The van der Waals surface area contributed by atoms with Gasteiger partial charge < -0.3 is 39.2 Å². The summed E-state index contributed by atoms with van der Waals surface area (Å²) in [5.41, 5.74) is 0.300. The van der Waals surface area contributed by atoms with Gasteiger partial charge in [-0.1, -0.05) is 26.8 Å². The third kappa shape index (κ3) is 13.9. The standard InChI is InChI=1S/C29H49NO9/c1-19(2)22(16-21-9-10-25(36-8)26(17-21)38-14-13-37-12-11-35-7)18-23(24(31)15-20(3)27(32)33)30-28(34)39-29(4,5)6/h9-10,17,19-20,22-24,31H,11-16,18H2,1-8H3,(H,30,34)(H,32,33)/t20-,22+,23+,24+/m1/s1. The SMILES string of the molecule is COCCOCCOc1cc(C[C@@H](C[C@H](NC(=O)OC(C)(C)C)[C@@H](O)C[C@@H](C)C(=O)O)C(C)C)ccc1OC. The summed E-state index contributed by atoms with van der Waals surface area (Å²) in [7, 11) is 3.20. The molecule has 1 amide bonds. The molecule has 0 unspecified atom stereocenters. The number of alkyl carbamates (subject to hydrolysis) is 1. The number of carbonyl (C=O) groups excluding carboxylic acids is 1. The maximum atomic E-state index is 12.6. The van der Waals surface area contributed by atoms with E-state index in [9.17, 15) is 19.8 Å². The van der Waals surface area contributed by atoms with Crippen LogP contribution in [0.1, 0.15) is 59.9 Å². The van der Waals surface area contributed by atoms with Crippen LogP contribution in [0.2, 0.25) is 0 Å². The molecule has 10 heteroatoms. The molecule has 1 aromatic rings. The number of methoxy groups -OCH3 is 2. The fourth-order valence-corrected chi connectivity index (χ4v) is 4.03. The van der Waals surface area contributed by atoms with Crippen molar-refractivity contribution in [3.8, 4) is 11.5 Å². The molecule has 0 radical (unpaired) electrons. The first kappa shape index (κ1) is 34.5. The van der Waals surface area contributed by atoms with Crippen molar-refractivity contribution < 1.29 is 43.5 Å². The van der Waals surface area contributed by atoms with Crippen LogP contribution in [0.15, 0.2) is 18.2 Å². The van der Waals surface area contributed by atoms with E-state index < -0.39 is 35.7 Å². The number of ether oxygens (including phenoxy) is 5. The van der Waals surface area contributed by atoms with E-state index in [1.165, 1.54) is 6.92 Å². The summed E-state index contributed by atoms with van der Waals surface area (Å²) in [6, 6.07) is 5.07. The Balaban J connectivity index is 3.05. The number of rotatable bonds is 18. The van der Waals surface area contributed by atoms with Gasteiger partial charge in [-0.05, 0) is 69.6 Å². The Bertz CT molecular complexity index is 869. The summed E-state index contributed by atoms with van der Waals surface area (Å²) in [6.07, 6.45) is -0.619. The highest BCUT2D eigenvalue weighted by Gasteiger charge is 2.31. The minimum atomic E-state index is -1.06. The second kappa shape index (κ2) is 17.2. The van der Waals surface area contributed by atoms with Crippen molar-refractivity contribution >= 4 is 12.1 Å². The highest BCUT2D eigenvalue weighted by atomic mass is 16.6. The van der Waals surface area contributed by atoms with Gasteiger partial charge in [0.05, 0.1) is 45.0 Å². The normalized spacial score (nSPS) is 14.8. The van der Waals surface area contributed by atoms with E-state index in [1.807, 2.05) is 18.2 Å². The molecule has 4 atom stereocenters. The van der Waals surface area contributed by atoms with Gasteiger partial charge in [-0.25, -0.2) is 4.79 Å². The monoisotopic (exact) mass is 555 g/mol. The Labute approximate surface area is 233 Å². The summed E-state index contributed by atoms with van der Waals surface area (Å²) >= 11 is 0. The molecule has 0 bridgehead atoms. The topological polar surface area (TPSA) is 133 Å². The molecule has 0 saturated carbocycles. The molecule has 0 saturated heterocycles. The van der Waals surface area contributed by atoms with Crippen LogP contribution >= 0.6 is 0 Å². The van der Waals surface area contributed by atoms with Gasteiger partial charge in [0.25, 0.3) is 0 Å². The molecule has 0 heterocycles. The fourth-order valence-electron chi connectivity index (χ4n) is 4.03. The summed E-state index contributed by atoms with van der Waals surface area (Å²) in [4.78, 5) is 24.0. The van der Waals surface area contributed by atoms with Gasteiger partial charge in [0.2, 0.25) is 0 Å². The summed E-state index contributed by atoms with van der Waals surface area (Å²) in [5.74, 6) is -0.289. The van der Waals surface area contributed by atoms with Gasteiger partial charge in [0.1, 0.15) is 12.2 Å². The first-order valence-electron chi connectivity index (χ1n) is 13.5. The van der Waals surface area contributed by atoms with Gasteiger partial charge in [-0.2, -0.15) is 0 Å². The molecule has 224 valence electrons. The second-order valence-electron chi connectivity index (χ2n) is 11.2. The van der Waals surface area contributed by atoms with E-state index in [1.54, 1.807) is 35.0 Å². The molecule has 1 rings (SSSR count). The second-order valence-corrected chi connectivity index (χ2v) is 11.2. The maximum absolute atomic E-state index is 12.6. The number of carboxylic acid groups (broad SMARTS) is 1. The lowest BCUT2D eigenvalue weighted by Gasteiger charge is -2.32. The van der Waals surface area contributed by atoms with Crippen LogP contribution in [-0.4, -0.2) is 80.7 Å². The van der Waals surface area contributed by atoms with E-state index >= 15 is 0 Å². The summed E-state index contributed by atoms with van der Waals surface area (Å²) < 4.78 is 27.2. The number of aliphatic carboxylic acids is 1. The van der Waals surface area contributed by atoms with Crippen molar-refractivity contribution in [3.63, 3.8) is 0 Å². The molecule has 0 aromatic heterocycles. The number of aliphatic hydroxyl groups excluding tert-OH is 1. The van der Waals surface area contributed by atoms with Gasteiger partial charge >= 0.3 is 12.1 Å². The largest absolute Gasteiger partial charge is 0.493 e. The molecule has 1 aromatic carbocycles. The Morgan fingerprint density at radius 1 is 0.974 bits per heavy atom. The van der Waals surface area contributed by atoms with Crippen LogP contribution in [0.5, 0.6) is 11.5 Å². The number of nitrogens with one attached hydrogen (secondary N) is 1. The Morgan fingerprint density at radius 2 is 1.64 bits per heavy atom. The Hall–Kier alpha value is -2.56. The van der Waals surface area contributed by atoms with Crippen LogP contribution in [0, 0.1) is 17.8 Å². The molecule has 0 aliphatic heterocycles. The van der Waals surface area contributed by atoms with Crippen LogP contribution in [0.25, 0.3) is 0 Å². The van der Waals surface area contributed by atoms with E-state index in [4.69, 9.17) is 23.7 Å². The number of hydrogen-bond donors (Lipinski definition) is 3. The van der Waals surface area contributed by atoms with Crippen molar-refractivity contribution in [1.29, 1.82) is 0 Å². The van der Waals surface area contributed by atoms with Crippen molar-refractivity contribution in [1.82, 2.24) is 5.32 Å². The zero-order valence-electron chi connectivity index (χ0n) is 24.8. The average Bonchev–Trinajstić information content (AvgIpc) is 2.83.